The zero-order chi connectivity index (χ0) is 14.2. The molecule has 0 radical (unpaired) electrons. The first-order valence-corrected chi connectivity index (χ1v) is 7.35. The number of rotatable bonds is 2. The highest BCUT2D eigenvalue weighted by atomic mass is 16.5. The van der Waals surface area contributed by atoms with Crippen LogP contribution < -0.4 is 5.73 Å². The van der Waals surface area contributed by atoms with Crippen LogP contribution in [0.2, 0.25) is 0 Å². The van der Waals surface area contributed by atoms with Gasteiger partial charge in [-0.3, -0.25) is 0 Å². The molecule has 106 valence electrons. The van der Waals surface area contributed by atoms with Gasteiger partial charge in [0.15, 0.2) is 0 Å². The van der Waals surface area contributed by atoms with Gasteiger partial charge in [-0.1, -0.05) is 0 Å². The lowest BCUT2D eigenvalue weighted by Gasteiger charge is -2.31. The molecule has 0 aromatic heterocycles. The summed E-state index contributed by atoms with van der Waals surface area (Å²) in [5, 5.41) is 0. The monoisotopic (exact) mass is 261 g/mol. The van der Waals surface area contributed by atoms with E-state index in [-0.39, 0.29) is 6.04 Å². The maximum atomic E-state index is 6.60. The Kier molecular flexibility index (Phi) is 4.32. The molecule has 0 bridgehead atoms. The number of nitrogens with two attached hydrogens (primary N) is 1. The van der Waals surface area contributed by atoms with Crippen LogP contribution in [0.15, 0.2) is 0 Å². The van der Waals surface area contributed by atoms with E-state index in [2.05, 4.69) is 34.6 Å². The quantitative estimate of drug-likeness (QED) is 0.882. The van der Waals surface area contributed by atoms with Crippen molar-refractivity contribution >= 4 is 0 Å². The van der Waals surface area contributed by atoms with Crippen molar-refractivity contribution in [2.45, 2.75) is 53.5 Å². The Morgan fingerprint density at radius 2 is 1.26 bits per heavy atom. The molecule has 1 heterocycles. The molecular weight excluding hydrogens is 234 g/mol. The van der Waals surface area contributed by atoms with Crippen molar-refractivity contribution in [3.63, 3.8) is 0 Å². The van der Waals surface area contributed by atoms with Crippen LogP contribution in [-0.4, -0.2) is 13.2 Å². The van der Waals surface area contributed by atoms with Gasteiger partial charge in [-0.2, -0.15) is 0 Å². The summed E-state index contributed by atoms with van der Waals surface area (Å²) in [6.45, 7) is 12.8. The largest absolute Gasteiger partial charge is 0.381 e. The van der Waals surface area contributed by atoms with E-state index in [1.165, 1.54) is 33.4 Å². The van der Waals surface area contributed by atoms with Gasteiger partial charge >= 0.3 is 0 Å². The van der Waals surface area contributed by atoms with Crippen LogP contribution in [0.4, 0.5) is 0 Å². The molecule has 1 aliphatic heterocycles. The van der Waals surface area contributed by atoms with Crippen LogP contribution in [0.5, 0.6) is 0 Å². The smallest absolute Gasteiger partial charge is 0.0469 e. The Labute approximate surface area is 117 Å². The van der Waals surface area contributed by atoms with Gasteiger partial charge < -0.3 is 10.5 Å². The number of hydrogen-bond acceptors (Lipinski definition) is 2. The van der Waals surface area contributed by atoms with Gasteiger partial charge in [0.05, 0.1) is 0 Å². The SMILES string of the molecule is Cc1c(C)c(C)c([C@H](N)C2CCOCC2)c(C)c1C. The fourth-order valence-corrected chi connectivity index (χ4v) is 3.34. The summed E-state index contributed by atoms with van der Waals surface area (Å²) >= 11 is 0. The second-order valence-electron chi connectivity index (χ2n) is 6.01. The Morgan fingerprint density at radius 3 is 1.74 bits per heavy atom. The summed E-state index contributed by atoms with van der Waals surface area (Å²) in [5.41, 5.74) is 15.0. The minimum Gasteiger partial charge on any atom is -0.381 e. The second-order valence-corrected chi connectivity index (χ2v) is 6.01. The Balaban J connectivity index is 2.43. The van der Waals surface area contributed by atoms with Crippen LogP contribution in [-0.2, 0) is 4.74 Å². The summed E-state index contributed by atoms with van der Waals surface area (Å²) < 4.78 is 5.46. The van der Waals surface area contributed by atoms with E-state index in [0.717, 1.165) is 26.1 Å². The van der Waals surface area contributed by atoms with Gasteiger partial charge in [-0.25, -0.2) is 0 Å². The van der Waals surface area contributed by atoms with Gasteiger partial charge in [-0.05, 0) is 86.8 Å². The third-order valence-corrected chi connectivity index (χ3v) is 5.17. The lowest BCUT2D eigenvalue weighted by atomic mass is 9.80. The van der Waals surface area contributed by atoms with Gasteiger partial charge in [0.1, 0.15) is 0 Å². The van der Waals surface area contributed by atoms with E-state index >= 15 is 0 Å². The molecule has 1 aromatic carbocycles. The average Bonchev–Trinajstić information content (AvgIpc) is 2.44. The summed E-state index contributed by atoms with van der Waals surface area (Å²) in [5.74, 6) is 0.563. The Morgan fingerprint density at radius 1 is 0.842 bits per heavy atom. The first kappa shape index (κ1) is 14.5. The third-order valence-electron chi connectivity index (χ3n) is 5.17. The first-order valence-electron chi connectivity index (χ1n) is 7.35. The van der Waals surface area contributed by atoms with E-state index < -0.39 is 0 Å². The number of hydrogen-bond donors (Lipinski definition) is 1. The van der Waals surface area contributed by atoms with Crippen molar-refractivity contribution in [2.24, 2.45) is 11.7 Å². The van der Waals surface area contributed by atoms with Crippen LogP contribution in [0.25, 0.3) is 0 Å². The summed E-state index contributed by atoms with van der Waals surface area (Å²) in [6.07, 6.45) is 2.18. The molecule has 0 spiro atoms. The van der Waals surface area contributed by atoms with Crippen molar-refractivity contribution in [3.8, 4) is 0 Å². The third kappa shape index (κ3) is 2.56. The molecule has 0 unspecified atom stereocenters. The normalized spacial score (nSPS) is 18.6. The maximum absolute atomic E-state index is 6.60. The molecule has 0 saturated carbocycles. The fourth-order valence-electron chi connectivity index (χ4n) is 3.34. The second kappa shape index (κ2) is 5.64. The van der Waals surface area contributed by atoms with Crippen molar-refractivity contribution in [1.82, 2.24) is 0 Å². The number of benzene rings is 1. The maximum Gasteiger partial charge on any atom is 0.0469 e. The fraction of sp³-hybridized carbons (Fsp3) is 0.647. The lowest BCUT2D eigenvalue weighted by Crippen LogP contribution is -2.29. The van der Waals surface area contributed by atoms with E-state index in [9.17, 15) is 0 Å². The lowest BCUT2D eigenvalue weighted by molar-refractivity contribution is 0.0582. The topological polar surface area (TPSA) is 35.2 Å². The molecule has 2 heteroatoms. The van der Waals surface area contributed by atoms with Crippen molar-refractivity contribution in [3.05, 3.63) is 33.4 Å². The highest BCUT2D eigenvalue weighted by molar-refractivity contribution is 5.50. The minimum absolute atomic E-state index is 0.155. The Bertz CT molecular complexity index is 444. The molecule has 2 N–H and O–H groups in total. The van der Waals surface area contributed by atoms with Gasteiger partial charge in [0, 0.05) is 19.3 Å². The van der Waals surface area contributed by atoms with Crippen LogP contribution in [0.1, 0.15) is 52.3 Å². The van der Waals surface area contributed by atoms with E-state index in [1.807, 2.05) is 0 Å². The van der Waals surface area contributed by atoms with Gasteiger partial charge in [0.25, 0.3) is 0 Å². The first-order chi connectivity index (χ1) is 8.95. The molecule has 2 rings (SSSR count). The molecule has 2 nitrogen and oxygen atoms in total. The van der Waals surface area contributed by atoms with E-state index in [0.29, 0.717) is 5.92 Å². The highest BCUT2D eigenvalue weighted by Crippen LogP contribution is 2.35. The summed E-state index contributed by atoms with van der Waals surface area (Å²) in [6, 6.07) is 0.155. The predicted octanol–water partition coefficient (Wildman–Crippen LogP) is 3.66. The van der Waals surface area contributed by atoms with Crippen molar-refractivity contribution in [2.75, 3.05) is 13.2 Å². The zero-order valence-corrected chi connectivity index (χ0v) is 13.0. The molecule has 1 aliphatic rings. The molecule has 1 fully saturated rings. The molecule has 1 saturated heterocycles. The molecule has 19 heavy (non-hydrogen) atoms. The number of ether oxygens (including phenoxy) is 1. The highest BCUT2D eigenvalue weighted by Gasteiger charge is 2.26. The van der Waals surface area contributed by atoms with Crippen molar-refractivity contribution in [1.29, 1.82) is 0 Å². The van der Waals surface area contributed by atoms with Gasteiger partial charge in [-0.15, -0.1) is 0 Å². The van der Waals surface area contributed by atoms with Crippen LogP contribution >= 0.6 is 0 Å². The predicted molar refractivity (Wildman–Crippen MR) is 80.6 cm³/mol. The molecule has 1 aromatic rings. The van der Waals surface area contributed by atoms with Crippen molar-refractivity contribution < 1.29 is 4.74 Å². The van der Waals surface area contributed by atoms with E-state index in [1.54, 1.807) is 0 Å². The zero-order valence-electron chi connectivity index (χ0n) is 13.0. The standard InChI is InChI=1S/C17H27NO/c1-10-11(2)13(4)16(14(5)12(10)3)17(18)15-6-8-19-9-7-15/h15,17H,6-9,18H2,1-5H3/t17-/m1/s1. The van der Waals surface area contributed by atoms with Crippen LogP contribution in [0.3, 0.4) is 0 Å². The minimum atomic E-state index is 0.155. The Hall–Kier alpha value is -0.860. The molecular formula is C17H27NO. The summed E-state index contributed by atoms with van der Waals surface area (Å²) in [7, 11) is 0. The van der Waals surface area contributed by atoms with Gasteiger partial charge in [0.2, 0.25) is 0 Å². The molecule has 0 aliphatic carbocycles. The average molecular weight is 261 g/mol. The van der Waals surface area contributed by atoms with E-state index in [4.69, 9.17) is 10.5 Å². The van der Waals surface area contributed by atoms with Crippen LogP contribution in [0, 0.1) is 40.5 Å². The summed E-state index contributed by atoms with van der Waals surface area (Å²) in [4.78, 5) is 0. The molecule has 0 amide bonds. The molecule has 1 atom stereocenters.